The van der Waals surface area contributed by atoms with Gasteiger partial charge in [-0.2, -0.15) is 0 Å². The van der Waals surface area contributed by atoms with Crippen molar-refractivity contribution >= 4 is 12.1 Å². The van der Waals surface area contributed by atoms with Crippen LogP contribution in [0.2, 0.25) is 0 Å². The maximum absolute atomic E-state index is 13.1. The lowest BCUT2D eigenvalue weighted by Gasteiger charge is -2.41. The van der Waals surface area contributed by atoms with Crippen molar-refractivity contribution < 1.29 is 14.7 Å². The van der Waals surface area contributed by atoms with E-state index in [9.17, 15) is 14.7 Å². The van der Waals surface area contributed by atoms with Crippen molar-refractivity contribution in [2.75, 3.05) is 13.6 Å². The van der Waals surface area contributed by atoms with Gasteiger partial charge in [0.15, 0.2) is 0 Å². The van der Waals surface area contributed by atoms with Crippen molar-refractivity contribution in [3.05, 3.63) is 72.9 Å². The fourth-order valence-corrected chi connectivity index (χ4v) is 3.95. The number of aromatic nitrogens is 3. The van der Waals surface area contributed by atoms with Gasteiger partial charge in [0.25, 0.3) is 0 Å². The molecule has 1 saturated heterocycles. The predicted molar refractivity (Wildman–Crippen MR) is 111 cm³/mol. The molecule has 0 aliphatic carbocycles. The summed E-state index contributed by atoms with van der Waals surface area (Å²) in [5, 5.41) is 9.62. The van der Waals surface area contributed by atoms with Crippen molar-refractivity contribution in [3.63, 3.8) is 0 Å². The molecule has 3 aromatic rings. The molecule has 1 N–H and O–H groups in total. The van der Waals surface area contributed by atoms with Gasteiger partial charge in [0.1, 0.15) is 6.33 Å². The van der Waals surface area contributed by atoms with Crippen LogP contribution in [-0.4, -0.2) is 61.2 Å². The Kier molecular flexibility index (Phi) is 5.47. The minimum Gasteiger partial charge on any atom is -0.465 e. The summed E-state index contributed by atoms with van der Waals surface area (Å²) >= 11 is 0. The number of carbonyl (C=O) groups excluding carboxylic acids is 1. The summed E-state index contributed by atoms with van der Waals surface area (Å²) < 4.78 is 1.46. The predicted octanol–water partition coefficient (Wildman–Crippen LogP) is 3.73. The molecule has 1 aliphatic rings. The maximum Gasteiger partial charge on any atom is 0.407 e. The van der Waals surface area contributed by atoms with Gasteiger partial charge in [-0.3, -0.25) is 9.55 Å². The van der Waals surface area contributed by atoms with Crippen LogP contribution in [0.3, 0.4) is 0 Å². The first kappa shape index (κ1) is 19.6. The number of hydrogen-bond acceptors (Lipinski definition) is 4. The van der Waals surface area contributed by atoms with Gasteiger partial charge in [-0.15, -0.1) is 0 Å². The first-order chi connectivity index (χ1) is 14.5. The summed E-state index contributed by atoms with van der Waals surface area (Å²) in [4.78, 5) is 36.3. The quantitative estimate of drug-likeness (QED) is 0.717. The fourth-order valence-electron chi connectivity index (χ4n) is 3.95. The normalized spacial score (nSPS) is 18.8. The van der Waals surface area contributed by atoms with Gasteiger partial charge in [-0.05, 0) is 30.5 Å². The molecule has 2 unspecified atom stereocenters. The number of carbonyl (C=O) groups is 2. The number of hydrogen-bond donors (Lipinski definition) is 1. The Morgan fingerprint density at radius 2 is 1.97 bits per heavy atom. The lowest BCUT2D eigenvalue weighted by Crippen LogP contribution is -2.49. The zero-order valence-electron chi connectivity index (χ0n) is 16.6. The molecule has 2 amide bonds. The Morgan fingerprint density at radius 3 is 2.67 bits per heavy atom. The van der Waals surface area contributed by atoms with E-state index >= 15 is 0 Å². The molecular formula is C22H23N5O3. The van der Waals surface area contributed by atoms with E-state index in [1.54, 1.807) is 30.5 Å². The SMILES string of the molecule is CN(C(=O)n1cnc(-c2cccnc2)c1)C1CCN(C(=O)O)C(c2ccccc2)C1. The van der Waals surface area contributed by atoms with E-state index in [1.165, 1.54) is 15.8 Å². The standard InChI is InChI=1S/C22H23N5O3/c1-25(21(28)26-14-19(24-15-26)17-8-5-10-23-13-17)18-9-11-27(22(29)30)20(12-18)16-6-3-2-4-7-16/h2-8,10,13-15,18,20H,9,11-12H2,1H3,(H,29,30). The van der Waals surface area contributed by atoms with Crippen molar-refractivity contribution in [1.29, 1.82) is 0 Å². The van der Waals surface area contributed by atoms with Gasteiger partial charge in [0.2, 0.25) is 0 Å². The Bertz CT molecular complexity index is 1020. The first-order valence-corrected chi connectivity index (χ1v) is 9.80. The molecule has 1 aromatic carbocycles. The first-order valence-electron chi connectivity index (χ1n) is 9.80. The highest BCUT2D eigenvalue weighted by Gasteiger charge is 2.35. The van der Waals surface area contributed by atoms with Crippen molar-refractivity contribution in [2.24, 2.45) is 0 Å². The Labute approximate surface area is 174 Å². The Hall–Kier alpha value is -3.68. The van der Waals surface area contributed by atoms with E-state index in [-0.39, 0.29) is 18.1 Å². The van der Waals surface area contributed by atoms with Crippen LogP contribution in [0.25, 0.3) is 11.3 Å². The highest BCUT2D eigenvalue weighted by atomic mass is 16.4. The largest absolute Gasteiger partial charge is 0.465 e. The summed E-state index contributed by atoms with van der Waals surface area (Å²) in [6, 6.07) is 12.7. The zero-order chi connectivity index (χ0) is 21.1. The number of likely N-dealkylation sites (tertiary alicyclic amines) is 1. The number of pyridine rings is 1. The second-order valence-corrected chi connectivity index (χ2v) is 7.38. The molecule has 8 nitrogen and oxygen atoms in total. The molecule has 30 heavy (non-hydrogen) atoms. The average Bonchev–Trinajstić information content (AvgIpc) is 3.29. The molecule has 2 aromatic heterocycles. The summed E-state index contributed by atoms with van der Waals surface area (Å²) in [7, 11) is 1.76. The average molecular weight is 405 g/mol. The molecule has 1 fully saturated rings. The highest BCUT2D eigenvalue weighted by molar-refractivity contribution is 5.78. The van der Waals surface area contributed by atoms with Crippen molar-refractivity contribution in [1.82, 2.24) is 24.3 Å². The summed E-state index contributed by atoms with van der Waals surface area (Å²) in [6.45, 7) is 0.377. The van der Waals surface area contributed by atoms with Gasteiger partial charge in [-0.25, -0.2) is 14.6 Å². The third-order valence-electron chi connectivity index (χ3n) is 5.62. The van der Waals surface area contributed by atoms with E-state index in [2.05, 4.69) is 9.97 Å². The minimum atomic E-state index is -0.938. The molecule has 2 atom stereocenters. The third kappa shape index (κ3) is 3.89. The molecule has 4 rings (SSSR count). The molecule has 1 aliphatic heterocycles. The number of imidazole rings is 1. The number of amides is 2. The number of carboxylic acid groups (broad SMARTS) is 1. The smallest absolute Gasteiger partial charge is 0.407 e. The van der Waals surface area contributed by atoms with Crippen LogP contribution in [0.4, 0.5) is 9.59 Å². The minimum absolute atomic E-state index is 0.0810. The van der Waals surface area contributed by atoms with Crippen molar-refractivity contribution in [2.45, 2.75) is 24.9 Å². The second kappa shape index (κ2) is 8.36. The van der Waals surface area contributed by atoms with Crippen LogP contribution < -0.4 is 0 Å². The fraction of sp³-hybridized carbons (Fsp3) is 0.273. The van der Waals surface area contributed by atoms with Crippen molar-refractivity contribution in [3.8, 4) is 11.3 Å². The summed E-state index contributed by atoms with van der Waals surface area (Å²) in [6.07, 6.45) is 6.77. The van der Waals surface area contributed by atoms with E-state index in [0.29, 0.717) is 25.1 Å². The molecule has 3 heterocycles. The molecule has 0 radical (unpaired) electrons. The third-order valence-corrected chi connectivity index (χ3v) is 5.62. The van der Waals surface area contributed by atoms with Crippen LogP contribution in [-0.2, 0) is 0 Å². The van der Waals surface area contributed by atoms with Gasteiger partial charge < -0.3 is 14.9 Å². The van der Waals surface area contributed by atoms with Gasteiger partial charge in [0.05, 0.1) is 11.7 Å². The molecule has 0 saturated carbocycles. The number of piperidine rings is 1. The molecule has 154 valence electrons. The van der Waals surface area contributed by atoms with Crippen LogP contribution >= 0.6 is 0 Å². The van der Waals surface area contributed by atoms with Gasteiger partial charge >= 0.3 is 12.1 Å². The van der Waals surface area contributed by atoms with Gasteiger partial charge in [-0.1, -0.05) is 30.3 Å². The molecular weight excluding hydrogens is 382 g/mol. The topological polar surface area (TPSA) is 91.6 Å². The number of nitrogens with zero attached hydrogens (tertiary/aromatic N) is 5. The molecule has 0 spiro atoms. The summed E-state index contributed by atoms with van der Waals surface area (Å²) in [5.74, 6) is 0. The molecule has 8 heteroatoms. The lowest BCUT2D eigenvalue weighted by atomic mass is 9.91. The van der Waals surface area contributed by atoms with Gasteiger partial charge in [0, 0.05) is 43.8 Å². The number of rotatable bonds is 3. The van der Waals surface area contributed by atoms with Crippen LogP contribution in [0.5, 0.6) is 0 Å². The highest BCUT2D eigenvalue weighted by Crippen LogP contribution is 2.33. The van der Waals surface area contributed by atoms with E-state index in [0.717, 1.165) is 11.1 Å². The second-order valence-electron chi connectivity index (χ2n) is 7.38. The maximum atomic E-state index is 13.1. The van der Waals surface area contributed by atoms with E-state index < -0.39 is 6.09 Å². The monoisotopic (exact) mass is 405 g/mol. The van der Waals surface area contributed by atoms with Crippen LogP contribution in [0.1, 0.15) is 24.4 Å². The number of benzene rings is 1. The summed E-state index contributed by atoms with van der Waals surface area (Å²) in [5.41, 5.74) is 2.45. The Morgan fingerprint density at radius 1 is 1.17 bits per heavy atom. The lowest BCUT2D eigenvalue weighted by molar-refractivity contribution is 0.0776. The van der Waals surface area contributed by atoms with Crippen LogP contribution in [0.15, 0.2) is 67.4 Å². The van der Waals surface area contributed by atoms with E-state index in [4.69, 9.17) is 0 Å². The van der Waals surface area contributed by atoms with E-state index in [1.807, 2.05) is 42.5 Å². The molecule has 0 bridgehead atoms. The van der Waals surface area contributed by atoms with Crippen LogP contribution in [0, 0.1) is 0 Å². The zero-order valence-corrected chi connectivity index (χ0v) is 16.6. The Balaban J connectivity index is 1.52.